The van der Waals surface area contributed by atoms with Crippen LogP contribution in [0.4, 0.5) is 5.69 Å². The molecule has 7 heteroatoms. The van der Waals surface area contributed by atoms with E-state index in [1.807, 2.05) is 61.1 Å². The van der Waals surface area contributed by atoms with Crippen molar-refractivity contribution in [3.05, 3.63) is 77.6 Å². The topological polar surface area (TPSA) is 80.1 Å². The maximum atomic E-state index is 13.5. The van der Waals surface area contributed by atoms with Crippen molar-refractivity contribution in [3.8, 4) is 0 Å². The highest BCUT2D eigenvalue weighted by Gasteiger charge is 2.60. The molecule has 0 bridgehead atoms. The number of aromatic nitrogens is 3. The lowest BCUT2D eigenvalue weighted by Crippen LogP contribution is -2.44. The van der Waals surface area contributed by atoms with E-state index >= 15 is 0 Å². The minimum atomic E-state index is -0.866. The SMILES string of the molecule is Cc1cccc(C(=O)N2CC[C@]3(C(=O)Nc4ccccc43)[C@@H]2c2nccn2C)n1. The molecule has 1 aromatic carbocycles. The Balaban J connectivity index is 1.68. The molecule has 3 aromatic rings. The standard InChI is InChI=1S/C22H21N5O2/c1-14-6-5-9-17(24-14)20(28)27-12-10-22(18(27)19-23-11-13-26(19)2)15-7-3-4-8-16(15)25-21(22)29/h3-9,11,13,18H,10,12H2,1-2H3,(H,25,29)/t18-,22+/m0/s1. The van der Waals surface area contributed by atoms with Gasteiger partial charge in [0.15, 0.2) is 0 Å². The van der Waals surface area contributed by atoms with Gasteiger partial charge in [-0.25, -0.2) is 9.97 Å². The lowest BCUT2D eigenvalue weighted by atomic mass is 9.74. The fourth-order valence-electron chi connectivity index (χ4n) is 4.71. The van der Waals surface area contributed by atoms with Gasteiger partial charge < -0.3 is 14.8 Å². The third-order valence-corrected chi connectivity index (χ3v) is 6.06. The number of hydrogen-bond acceptors (Lipinski definition) is 4. The van der Waals surface area contributed by atoms with Gasteiger partial charge >= 0.3 is 0 Å². The molecule has 146 valence electrons. The number of fused-ring (bicyclic) bond motifs is 2. The molecule has 2 aliphatic rings. The number of nitrogens with zero attached hydrogens (tertiary/aromatic N) is 4. The second-order valence-corrected chi connectivity index (χ2v) is 7.68. The first kappa shape index (κ1) is 17.6. The van der Waals surface area contributed by atoms with Crippen molar-refractivity contribution in [3.63, 3.8) is 0 Å². The Morgan fingerprint density at radius 1 is 1.21 bits per heavy atom. The predicted molar refractivity (Wildman–Crippen MR) is 107 cm³/mol. The molecule has 0 unspecified atom stereocenters. The number of amides is 2. The van der Waals surface area contributed by atoms with Gasteiger partial charge in [-0.15, -0.1) is 0 Å². The molecule has 0 saturated carbocycles. The van der Waals surface area contributed by atoms with E-state index in [0.717, 1.165) is 16.9 Å². The molecule has 2 aliphatic heterocycles. The van der Waals surface area contributed by atoms with E-state index in [9.17, 15) is 9.59 Å². The molecular weight excluding hydrogens is 366 g/mol. The number of aryl methyl sites for hydroxylation is 2. The molecule has 4 heterocycles. The van der Waals surface area contributed by atoms with Crippen LogP contribution >= 0.6 is 0 Å². The molecule has 1 spiro atoms. The van der Waals surface area contributed by atoms with E-state index in [1.54, 1.807) is 17.2 Å². The molecule has 29 heavy (non-hydrogen) atoms. The highest BCUT2D eigenvalue weighted by molar-refractivity contribution is 6.08. The number of para-hydroxylation sites is 1. The molecular formula is C22H21N5O2. The highest BCUT2D eigenvalue weighted by atomic mass is 16.2. The van der Waals surface area contributed by atoms with Crippen LogP contribution in [0.3, 0.4) is 0 Å². The Hall–Kier alpha value is -3.48. The zero-order valence-electron chi connectivity index (χ0n) is 16.3. The van der Waals surface area contributed by atoms with Crippen LogP contribution in [0, 0.1) is 6.92 Å². The number of pyridine rings is 1. The van der Waals surface area contributed by atoms with Crippen LogP contribution in [-0.2, 0) is 17.3 Å². The summed E-state index contributed by atoms with van der Waals surface area (Å²) >= 11 is 0. The Bertz CT molecular complexity index is 1140. The Labute approximate surface area is 168 Å². The first-order valence-corrected chi connectivity index (χ1v) is 9.65. The summed E-state index contributed by atoms with van der Waals surface area (Å²) in [6, 6.07) is 12.6. The van der Waals surface area contributed by atoms with Crippen molar-refractivity contribution < 1.29 is 9.59 Å². The van der Waals surface area contributed by atoms with Crippen LogP contribution in [-0.4, -0.2) is 37.8 Å². The van der Waals surface area contributed by atoms with Crippen molar-refractivity contribution >= 4 is 17.5 Å². The summed E-state index contributed by atoms with van der Waals surface area (Å²) in [6.07, 6.45) is 4.08. The van der Waals surface area contributed by atoms with E-state index in [2.05, 4.69) is 15.3 Å². The van der Waals surface area contributed by atoms with Gasteiger partial charge in [0.1, 0.15) is 23.0 Å². The van der Waals surface area contributed by atoms with Gasteiger partial charge in [0.25, 0.3) is 5.91 Å². The number of nitrogens with one attached hydrogen (secondary N) is 1. The lowest BCUT2D eigenvalue weighted by molar-refractivity contribution is -0.121. The second-order valence-electron chi connectivity index (χ2n) is 7.68. The van der Waals surface area contributed by atoms with E-state index < -0.39 is 11.5 Å². The van der Waals surface area contributed by atoms with Crippen molar-refractivity contribution in [2.75, 3.05) is 11.9 Å². The fourth-order valence-corrected chi connectivity index (χ4v) is 4.71. The monoisotopic (exact) mass is 387 g/mol. The van der Waals surface area contributed by atoms with Crippen LogP contribution in [0.2, 0.25) is 0 Å². The van der Waals surface area contributed by atoms with Gasteiger partial charge in [0, 0.05) is 37.4 Å². The molecule has 1 fully saturated rings. The van der Waals surface area contributed by atoms with E-state index in [4.69, 9.17) is 0 Å². The quantitative estimate of drug-likeness (QED) is 0.733. The maximum absolute atomic E-state index is 13.5. The van der Waals surface area contributed by atoms with Crippen LogP contribution < -0.4 is 5.32 Å². The molecule has 0 aliphatic carbocycles. The fraction of sp³-hybridized carbons (Fsp3) is 0.273. The van der Waals surface area contributed by atoms with Gasteiger partial charge in [-0.3, -0.25) is 9.59 Å². The molecule has 2 atom stereocenters. The van der Waals surface area contributed by atoms with Gasteiger partial charge in [-0.05, 0) is 37.1 Å². The number of likely N-dealkylation sites (tertiary alicyclic amines) is 1. The molecule has 2 aromatic heterocycles. The average Bonchev–Trinajstić information content (AvgIpc) is 3.38. The van der Waals surface area contributed by atoms with Crippen LogP contribution in [0.5, 0.6) is 0 Å². The van der Waals surface area contributed by atoms with Gasteiger partial charge in [0.05, 0.1) is 0 Å². The number of anilines is 1. The number of hydrogen-bond donors (Lipinski definition) is 1. The Morgan fingerprint density at radius 3 is 2.79 bits per heavy atom. The molecule has 0 radical (unpaired) electrons. The number of imidazole rings is 1. The number of carbonyl (C=O) groups excluding carboxylic acids is 2. The molecule has 7 nitrogen and oxygen atoms in total. The van der Waals surface area contributed by atoms with Gasteiger partial charge in [-0.1, -0.05) is 24.3 Å². The summed E-state index contributed by atoms with van der Waals surface area (Å²) in [5.41, 5.74) is 2.02. The first-order valence-electron chi connectivity index (χ1n) is 9.65. The van der Waals surface area contributed by atoms with Crippen LogP contribution in [0.1, 0.15) is 40.0 Å². The number of rotatable bonds is 2. The van der Waals surface area contributed by atoms with E-state index in [-0.39, 0.29) is 11.8 Å². The van der Waals surface area contributed by atoms with Crippen LogP contribution in [0.25, 0.3) is 0 Å². The first-order chi connectivity index (χ1) is 14.0. The third kappa shape index (κ3) is 2.43. The normalized spacial score (nSPS) is 22.8. The van der Waals surface area contributed by atoms with Gasteiger partial charge in [-0.2, -0.15) is 0 Å². The zero-order chi connectivity index (χ0) is 20.2. The van der Waals surface area contributed by atoms with Gasteiger partial charge in [0.2, 0.25) is 5.91 Å². The largest absolute Gasteiger partial charge is 0.336 e. The third-order valence-electron chi connectivity index (χ3n) is 6.06. The van der Waals surface area contributed by atoms with Crippen LogP contribution in [0.15, 0.2) is 54.9 Å². The Kier molecular flexibility index (Phi) is 3.81. The maximum Gasteiger partial charge on any atom is 0.273 e. The van der Waals surface area contributed by atoms with E-state index in [0.29, 0.717) is 24.5 Å². The van der Waals surface area contributed by atoms with E-state index in [1.165, 1.54) is 0 Å². The minimum Gasteiger partial charge on any atom is -0.336 e. The molecule has 1 saturated heterocycles. The lowest BCUT2D eigenvalue weighted by Gasteiger charge is -2.33. The average molecular weight is 387 g/mol. The molecule has 5 rings (SSSR count). The molecule has 2 amide bonds. The predicted octanol–water partition coefficient (Wildman–Crippen LogP) is 2.60. The number of carbonyl (C=O) groups is 2. The smallest absolute Gasteiger partial charge is 0.273 e. The number of benzene rings is 1. The Morgan fingerprint density at radius 2 is 2.03 bits per heavy atom. The molecule has 1 N–H and O–H groups in total. The minimum absolute atomic E-state index is 0.0841. The summed E-state index contributed by atoms with van der Waals surface area (Å²) in [4.78, 5) is 37.5. The summed E-state index contributed by atoms with van der Waals surface area (Å²) in [5.74, 6) is 0.422. The summed E-state index contributed by atoms with van der Waals surface area (Å²) in [6.45, 7) is 2.31. The summed E-state index contributed by atoms with van der Waals surface area (Å²) in [7, 11) is 1.89. The van der Waals surface area contributed by atoms with Crippen molar-refractivity contribution in [2.45, 2.75) is 24.8 Å². The van der Waals surface area contributed by atoms with Crippen molar-refractivity contribution in [1.29, 1.82) is 0 Å². The van der Waals surface area contributed by atoms with Crippen molar-refractivity contribution in [1.82, 2.24) is 19.4 Å². The summed E-state index contributed by atoms with van der Waals surface area (Å²) in [5, 5.41) is 3.02. The highest BCUT2D eigenvalue weighted by Crippen LogP contribution is 2.54. The zero-order valence-corrected chi connectivity index (χ0v) is 16.3. The second kappa shape index (κ2) is 6.27. The summed E-state index contributed by atoms with van der Waals surface area (Å²) < 4.78 is 1.88. The van der Waals surface area contributed by atoms with Crippen molar-refractivity contribution in [2.24, 2.45) is 7.05 Å².